The van der Waals surface area contributed by atoms with Crippen molar-refractivity contribution in [2.75, 3.05) is 6.61 Å². The van der Waals surface area contributed by atoms with Gasteiger partial charge in [0.2, 0.25) is 5.91 Å². The van der Waals surface area contributed by atoms with Crippen molar-refractivity contribution in [3.63, 3.8) is 0 Å². The summed E-state index contributed by atoms with van der Waals surface area (Å²) in [6.45, 7) is 3.00. The second-order valence-electron chi connectivity index (χ2n) is 6.39. The summed E-state index contributed by atoms with van der Waals surface area (Å²) in [5.41, 5.74) is -0.169. The number of hydrogen-bond donors (Lipinski definition) is 1. The molecule has 4 rings (SSSR count). The zero-order valence-electron chi connectivity index (χ0n) is 11.0. The second-order valence-corrected chi connectivity index (χ2v) is 6.39. The molecular formula is C14H22N2O2. The molecule has 1 spiro atoms. The van der Waals surface area contributed by atoms with E-state index in [0.717, 1.165) is 38.2 Å². The van der Waals surface area contributed by atoms with Crippen molar-refractivity contribution < 1.29 is 9.53 Å². The van der Waals surface area contributed by atoms with E-state index in [4.69, 9.17) is 4.74 Å². The molecule has 100 valence electrons. The van der Waals surface area contributed by atoms with E-state index in [9.17, 15) is 4.79 Å². The lowest BCUT2D eigenvalue weighted by atomic mass is 10.0. The van der Waals surface area contributed by atoms with Gasteiger partial charge in [0.1, 0.15) is 0 Å². The molecule has 3 atom stereocenters. The summed E-state index contributed by atoms with van der Waals surface area (Å²) in [4.78, 5) is 14.8. The Kier molecular flexibility index (Phi) is 2.31. The molecule has 2 aliphatic heterocycles. The van der Waals surface area contributed by atoms with Crippen molar-refractivity contribution in [3.05, 3.63) is 0 Å². The Morgan fingerprint density at radius 2 is 2.17 bits per heavy atom. The monoisotopic (exact) mass is 250 g/mol. The number of ether oxygens (including phenoxy) is 1. The Hall–Kier alpha value is -0.610. The minimum Gasteiger partial charge on any atom is -0.376 e. The van der Waals surface area contributed by atoms with Crippen LogP contribution in [0.3, 0.4) is 0 Å². The number of hydrogen-bond acceptors (Lipinski definition) is 3. The fourth-order valence-electron chi connectivity index (χ4n) is 3.78. The molecule has 4 heteroatoms. The van der Waals surface area contributed by atoms with E-state index in [0.29, 0.717) is 18.1 Å². The molecule has 0 aromatic carbocycles. The smallest absolute Gasteiger partial charge is 0.244 e. The van der Waals surface area contributed by atoms with Gasteiger partial charge in [-0.2, -0.15) is 0 Å². The lowest BCUT2D eigenvalue weighted by molar-refractivity contribution is -0.134. The van der Waals surface area contributed by atoms with E-state index in [1.807, 2.05) is 0 Å². The van der Waals surface area contributed by atoms with Crippen LogP contribution in [0.15, 0.2) is 0 Å². The third-order valence-electron chi connectivity index (χ3n) is 5.11. The van der Waals surface area contributed by atoms with Gasteiger partial charge in [0.05, 0.1) is 23.9 Å². The molecule has 4 fully saturated rings. The van der Waals surface area contributed by atoms with Crippen molar-refractivity contribution >= 4 is 5.91 Å². The first-order valence-electron chi connectivity index (χ1n) is 7.47. The zero-order chi connectivity index (χ0) is 12.3. The molecule has 2 heterocycles. The minimum atomic E-state index is -0.169. The predicted octanol–water partition coefficient (Wildman–Crippen LogP) is 1.25. The van der Waals surface area contributed by atoms with Crippen molar-refractivity contribution in [2.45, 2.75) is 69.3 Å². The number of carbonyl (C=O) groups is 1. The maximum Gasteiger partial charge on any atom is 0.244 e. The largest absolute Gasteiger partial charge is 0.376 e. The summed E-state index contributed by atoms with van der Waals surface area (Å²) in [7, 11) is 0. The molecule has 1 amide bonds. The summed E-state index contributed by atoms with van der Waals surface area (Å²) in [5.74, 6) is 1.08. The van der Waals surface area contributed by atoms with Crippen LogP contribution in [0.1, 0.15) is 45.4 Å². The van der Waals surface area contributed by atoms with Gasteiger partial charge in [-0.1, -0.05) is 6.92 Å². The molecule has 0 aromatic heterocycles. The van der Waals surface area contributed by atoms with Gasteiger partial charge in [-0.3, -0.25) is 10.1 Å². The number of carbonyl (C=O) groups excluding carboxylic acids is 1. The number of rotatable bonds is 3. The fraction of sp³-hybridized carbons (Fsp3) is 0.929. The van der Waals surface area contributed by atoms with Gasteiger partial charge in [-0.15, -0.1) is 0 Å². The first kappa shape index (κ1) is 11.2. The molecule has 3 unspecified atom stereocenters. The predicted molar refractivity (Wildman–Crippen MR) is 66.9 cm³/mol. The van der Waals surface area contributed by atoms with E-state index < -0.39 is 0 Å². The second kappa shape index (κ2) is 3.70. The molecule has 2 saturated carbocycles. The summed E-state index contributed by atoms with van der Waals surface area (Å²) in [6.07, 6.45) is 7.23. The van der Waals surface area contributed by atoms with Crippen molar-refractivity contribution in [2.24, 2.45) is 5.92 Å². The van der Waals surface area contributed by atoms with Crippen LogP contribution in [0, 0.1) is 5.92 Å². The van der Waals surface area contributed by atoms with Crippen molar-refractivity contribution in [1.82, 2.24) is 10.2 Å². The molecule has 0 radical (unpaired) electrons. The maximum atomic E-state index is 12.6. The van der Waals surface area contributed by atoms with Gasteiger partial charge < -0.3 is 9.64 Å². The highest BCUT2D eigenvalue weighted by atomic mass is 16.5. The first-order chi connectivity index (χ1) is 8.75. The number of nitrogens with zero attached hydrogens (tertiary/aromatic N) is 1. The van der Waals surface area contributed by atoms with Gasteiger partial charge >= 0.3 is 0 Å². The average Bonchev–Trinajstić information content (AvgIpc) is 3.27. The molecule has 2 saturated heterocycles. The third kappa shape index (κ3) is 1.48. The molecule has 0 aromatic rings. The molecule has 1 N–H and O–H groups in total. The number of nitrogens with one attached hydrogen (secondary N) is 1. The Morgan fingerprint density at radius 1 is 1.39 bits per heavy atom. The van der Waals surface area contributed by atoms with Crippen molar-refractivity contribution in [1.29, 1.82) is 0 Å². The molecule has 2 aliphatic carbocycles. The number of amides is 1. The Morgan fingerprint density at radius 3 is 2.78 bits per heavy atom. The van der Waals surface area contributed by atoms with E-state index >= 15 is 0 Å². The van der Waals surface area contributed by atoms with Crippen LogP contribution in [0.5, 0.6) is 0 Å². The highest BCUT2D eigenvalue weighted by molar-refractivity contribution is 5.92. The van der Waals surface area contributed by atoms with Crippen LogP contribution >= 0.6 is 0 Å². The van der Waals surface area contributed by atoms with Crippen LogP contribution in [-0.4, -0.2) is 41.3 Å². The van der Waals surface area contributed by atoms with Crippen molar-refractivity contribution in [3.8, 4) is 0 Å². The third-order valence-corrected chi connectivity index (χ3v) is 5.11. The summed E-state index contributed by atoms with van der Waals surface area (Å²) in [5, 5.41) is 3.57. The molecule has 0 bridgehead atoms. The maximum absolute atomic E-state index is 12.6. The average molecular weight is 250 g/mol. The zero-order valence-corrected chi connectivity index (χ0v) is 11.0. The quantitative estimate of drug-likeness (QED) is 0.820. The fourth-order valence-corrected chi connectivity index (χ4v) is 3.78. The normalized spacial score (nSPS) is 41.9. The van der Waals surface area contributed by atoms with Gasteiger partial charge in [-0.05, 0) is 44.4 Å². The summed E-state index contributed by atoms with van der Waals surface area (Å²) < 4.78 is 5.91. The van der Waals surface area contributed by atoms with Gasteiger partial charge in [0.15, 0.2) is 0 Å². The molecule has 4 aliphatic rings. The summed E-state index contributed by atoms with van der Waals surface area (Å²) in [6, 6.07) is 0.336. The van der Waals surface area contributed by atoms with E-state index in [2.05, 4.69) is 17.1 Å². The molecule has 4 nitrogen and oxygen atoms in total. The van der Waals surface area contributed by atoms with E-state index in [1.54, 1.807) is 0 Å². The Labute approximate surface area is 108 Å². The van der Waals surface area contributed by atoms with Crippen LogP contribution in [-0.2, 0) is 9.53 Å². The lowest BCUT2D eigenvalue weighted by Crippen LogP contribution is -2.48. The van der Waals surface area contributed by atoms with Crippen LogP contribution in [0.2, 0.25) is 0 Å². The van der Waals surface area contributed by atoms with Gasteiger partial charge in [0, 0.05) is 6.61 Å². The van der Waals surface area contributed by atoms with Gasteiger partial charge in [0.25, 0.3) is 0 Å². The Bertz CT molecular complexity index is 376. The first-order valence-corrected chi connectivity index (χ1v) is 7.47. The van der Waals surface area contributed by atoms with E-state index in [-0.39, 0.29) is 11.7 Å². The minimum absolute atomic E-state index is 0.169. The van der Waals surface area contributed by atoms with Crippen LogP contribution in [0.25, 0.3) is 0 Å². The standard InChI is InChI=1S/C14H22N2O2/c1-2-11-15-14(6-7-14)13(17)16(11)10-5-8-18-12(10)9-3-4-9/h9-12,15H,2-8H2,1H3. The highest BCUT2D eigenvalue weighted by Gasteiger charge is 2.61. The SMILES string of the molecule is CCC1NC2(CC2)C(=O)N1C1CCOC1C1CC1. The van der Waals surface area contributed by atoms with E-state index in [1.165, 1.54) is 12.8 Å². The molecule has 18 heavy (non-hydrogen) atoms. The van der Waals surface area contributed by atoms with Gasteiger partial charge in [-0.25, -0.2) is 0 Å². The topological polar surface area (TPSA) is 41.6 Å². The molecular weight excluding hydrogens is 228 g/mol. The van der Waals surface area contributed by atoms with Crippen LogP contribution in [0.4, 0.5) is 0 Å². The Balaban J connectivity index is 1.59. The highest BCUT2D eigenvalue weighted by Crippen LogP contribution is 2.47. The summed E-state index contributed by atoms with van der Waals surface area (Å²) >= 11 is 0. The van der Waals surface area contributed by atoms with Crippen LogP contribution < -0.4 is 5.32 Å². The lowest BCUT2D eigenvalue weighted by Gasteiger charge is -2.32.